The Kier molecular flexibility index (Phi) is 21.8. The summed E-state index contributed by atoms with van der Waals surface area (Å²) < 4.78 is 0. The van der Waals surface area contributed by atoms with Gasteiger partial charge in [0.25, 0.3) is 0 Å². The van der Waals surface area contributed by atoms with Crippen molar-refractivity contribution in [3.8, 4) is 0 Å². The summed E-state index contributed by atoms with van der Waals surface area (Å²) in [5.41, 5.74) is 0. The Bertz CT molecular complexity index is 7430. The van der Waals surface area contributed by atoms with Gasteiger partial charge in [-0.1, -0.05) is 328 Å². The molecule has 0 unspecified atom stereocenters. The second-order valence-corrected chi connectivity index (χ2v) is 29.6. The largest absolute Gasteiger partial charge is 0.0616 e. The summed E-state index contributed by atoms with van der Waals surface area (Å²) in [6.07, 6.45) is 0. The first-order valence-corrected chi connectivity index (χ1v) is 40.7. The van der Waals surface area contributed by atoms with E-state index in [-0.39, 0.29) is 0 Å². The van der Waals surface area contributed by atoms with Crippen LogP contribution in [0.4, 0.5) is 0 Å². The van der Waals surface area contributed by atoms with Crippen molar-refractivity contribution in [2.45, 2.75) is 0 Å². The lowest BCUT2D eigenvalue weighted by molar-refractivity contribution is 1.79. The van der Waals surface area contributed by atoms with Gasteiger partial charge in [-0.15, -0.1) is 0 Å². The molecule has 0 atom stereocenters. The molecule has 0 aliphatic rings. The predicted molar refractivity (Wildman–Crippen MR) is 516 cm³/mol. The van der Waals surface area contributed by atoms with Crippen LogP contribution in [0.2, 0.25) is 0 Å². The van der Waals surface area contributed by atoms with E-state index in [2.05, 4.69) is 291 Å². The molecule has 0 heterocycles. The molecule has 20 bridgehead atoms. The molecule has 0 aromatic heterocycles. The standard InChI is InChI=1S/C124H64/c1-5-43-117-109(39-1)71-75-113-67-63-105-35-15-31-101(85-105)59-55-97-27-11-23-93(81-97)51-47-89-19-9-21-91(79-89)49-53-95-25-13-29-99(83-95)57-61-103-33-17-37-107(87-103)65-69-115-77-73-111-41-3-7-45-119(111)123(115)124-116(78-74-112-42-4-8-46-120(112)124)70-66-108-38-18-34-104(88-108)62-58-100-30-14-26-96(84-100)54-50-92-22-10-20-90(80-92)48-52-94-24-12-28-98(82-94)56-60-102-32-16-36-106(86-102)64-68-114-76-72-110-40-2-6-44-118(110)122(114)121(113)117/h1-46,71-88H. The zero-order valence-corrected chi connectivity index (χ0v) is 67.0. The Hall–Kier alpha value is -18.3. The molecule has 560 valence electrons. The van der Waals surface area contributed by atoms with E-state index < -0.39 is 0 Å². The van der Waals surface area contributed by atoms with E-state index in [0.717, 1.165) is 194 Å². The molecule has 0 heteroatoms. The van der Waals surface area contributed by atoms with Gasteiger partial charge in [-0.25, -0.2) is 0 Å². The quantitative estimate of drug-likeness (QED) is 0.142. The van der Waals surface area contributed by atoms with E-state index in [1.807, 2.05) is 243 Å². The lowest BCUT2D eigenvalue weighted by Gasteiger charge is -2.07. The van der Waals surface area contributed by atoms with Crippen molar-refractivity contribution in [2.24, 2.45) is 0 Å². The monoisotopic (exact) mass is 1550 g/mol. The highest BCUT2D eigenvalue weighted by atomic mass is 14.1. The van der Waals surface area contributed by atoms with Gasteiger partial charge in [0.2, 0.25) is 0 Å². The van der Waals surface area contributed by atoms with Gasteiger partial charge in [0.05, 0.1) is 0 Å². The van der Waals surface area contributed by atoms with Crippen LogP contribution in [0.15, 0.2) is 388 Å². The highest BCUT2D eigenvalue weighted by molar-refractivity contribution is 6.27. The maximum absolute atomic E-state index is 3.63. The first kappa shape index (κ1) is 75.7. The highest BCUT2D eigenvalue weighted by Gasteiger charge is 2.10. The SMILES string of the molecule is c1c2cccc(c#cc3cccc(c#cc4cccc(c#cc5ccc6ccccc6c5c5c(c#cc6cccc(c#cc7cccc(c#cc8cccc(c#cc9cccc(c#cc%10cccc(c#cc%11ccc%12ccccc%12c%11c%11c(c#cc%12cccc(c#cc%13cccc(c#1)c%13)c%12)ccc1ccccc1%11)c%10)c9)c8)c7)c6)ccc1ccccc15)c4)c3)c2. The molecule has 0 nitrogen and oxygen atoms in total. The molecule has 0 aliphatic carbocycles. The Morgan fingerprint density at radius 3 is 0.355 bits per heavy atom. The summed E-state index contributed by atoms with van der Waals surface area (Å²) in [4.78, 5) is 0. The summed E-state index contributed by atoms with van der Waals surface area (Å²) in [7, 11) is 0. The van der Waals surface area contributed by atoms with Crippen molar-refractivity contribution in [1.82, 2.24) is 0 Å². The average molecular weight is 1550 g/mol. The molecule has 0 fully saturated rings. The van der Waals surface area contributed by atoms with Crippen molar-refractivity contribution in [3.63, 3.8) is 0 Å². The molecule has 19 rings (SSSR count). The third-order valence-corrected chi connectivity index (χ3v) is 21.0. The fourth-order valence-corrected chi connectivity index (χ4v) is 15.0. The Morgan fingerprint density at radius 1 is 0.0968 bits per heavy atom. The summed E-state index contributed by atoms with van der Waals surface area (Å²) >= 11 is 0. The normalized spacial score (nSPS) is 10.1. The number of rotatable bonds is 0. The number of benzene rings is 18. The van der Waals surface area contributed by atoms with Crippen molar-refractivity contribution in [3.05, 3.63) is 534 Å². The van der Waals surface area contributed by atoms with Crippen LogP contribution in [0.1, 0.15) is 0 Å². The fraction of sp³-hybridized carbons (Fsp3) is 0. The lowest BCUT2D eigenvalue weighted by atomic mass is 9.96. The molecule has 0 saturated heterocycles. The lowest BCUT2D eigenvalue weighted by Crippen LogP contribution is -1.80. The van der Waals surface area contributed by atoms with E-state index in [1.165, 1.54) is 0 Å². The van der Waals surface area contributed by atoms with E-state index >= 15 is 0 Å². The van der Waals surface area contributed by atoms with E-state index in [9.17, 15) is 0 Å². The summed E-state index contributed by atoms with van der Waals surface area (Å²) in [5, 5.41) is 33.4. The topological polar surface area (TPSA) is 0 Å². The van der Waals surface area contributed by atoms with Gasteiger partial charge in [-0.3, -0.25) is 0 Å². The van der Waals surface area contributed by atoms with Gasteiger partial charge < -0.3 is 0 Å². The average Bonchev–Trinajstić information content (AvgIpc) is 0.755. The maximum atomic E-state index is 3.63. The Balaban J connectivity index is 0.718. The molecular formula is C124H64. The Morgan fingerprint density at radius 2 is 0.218 bits per heavy atom. The minimum Gasteiger partial charge on any atom is -0.0616 e. The molecule has 19 aromatic rings. The molecule has 0 amide bonds. The van der Waals surface area contributed by atoms with Crippen LogP contribution >= 0.6 is 0 Å². The highest BCUT2D eigenvalue weighted by Crippen LogP contribution is 2.36. The van der Waals surface area contributed by atoms with Gasteiger partial charge in [0.15, 0.2) is 0 Å². The van der Waals surface area contributed by atoms with Gasteiger partial charge in [0.1, 0.15) is 0 Å². The zero-order valence-electron chi connectivity index (χ0n) is 67.0. The second kappa shape index (κ2) is 35.7. The third-order valence-electron chi connectivity index (χ3n) is 21.0. The van der Waals surface area contributed by atoms with Crippen molar-refractivity contribution in [2.75, 3.05) is 0 Å². The number of fused-ring (bicyclic) bond motifs is 34. The molecule has 0 saturated carbocycles. The van der Waals surface area contributed by atoms with Gasteiger partial charge in [0, 0.05) is 151 Å². The third kappa shape index (κ3) is 18.1. The molecule has 19 aromatic carbocycles. The minimum absolute atomic E-state index is 0.845. The second-order valence-electron chi connectivity index (χ2n) is 29.6. The van der Waals surface area contributed by atoms with Crippen LogP contribution in [0, 0.1) is 146 Å². The van der Waals surface area contributed by atoms with E-state index in [0.29, 0.717) is 0 Å². The van der Waals surface area contributed by atoms with E-state index in [1.54, 1.807) is 0 Å². The first-order chi connectivity index (χ1) is 61.3. The van der Waals surface area contributed by atoms with Crippen molar-refractivity contribution >= 4 is 194 Å². The molecule has 124 heavy (non-hydrogen) atoms. The summed E-state index contributed by atoms with van der Waals surface area (Å²) in [6, 6.07) is 215. The smallest absolute Gasteiger partial charge is 0.0334 e. The molecule has 0 aliphatic heterocycles. The van der Waals surface area contributed by atoms with E-state index in [4.69, 9.17) is 0 Å². The molecule has 0 radical (unpaired) electrons. The fourth-order valence-electron chi connectivity index (χ4n) is 15.0. The molecule has 0 N–H and O–H groups in total. The Labute approximate surface area is 722 Å². The van der Waals surface area contributed by atoms with Gasteiger partial charge >= 0.3 is 0 Å². The molecular weight excluding hydrogens is 1490 g/mol. The maximum Gasteiger partial charge on any atom is 0.0334 e. The van der Waals surface area contributed by atoms with Crippen molar-refractivity contribution in [1.29, 1.82) is 0 Å². The summed E-state index contributed by atoms with van der Waals surface area (Å²) in [5.74, 6) is 0. The van der Waals surface area contributed by atoms with Crippen LogP contribution in [0.5, 0.6) is 0 Å². The molecule has 0 spiro atoms. The van der Waals surface area contributed by atoms with Crippen LogP contribution < -0.4 is 0 Å². The van der Waals surface area contributed by atoms with Crippen LogP contribution in [-0.4, -0.2) is 0 Å². The van der Waals surface area contributed by atoms with Gasteiger partial charge in [-0.2, -0.15) is 0 Å². The summed E-state index contributed by atoms with van der Waals surface area (Å²) in [6.45, 7) is 0. The van der Waals surface area contributed by atoms with Crippen molar-refractivity contribution < 1.29 is 0 Å². The van der Waals surface area contributed by atoms with Crippen LogP contribution in [0.25, 0.3) is 194 Å². The zero-order chi connectivity index (χ0) is 83.0. The number of hydrogen-bond acceptors (Lipinski definition) is 0. The van der Waals surface area contributed by atoms with Crippen LogP contribution in [-0.2, 0) is 0 Å². The first-order valence-electron chi connectivity index (χ1n) is 40.7. The minimum atomic E-state index is 0.845. The predicted octanol–water partition coefficient (Wildman–Crippen LogP) is 30.6. The van der Waals surface area contributed by atoms with Gasteiger partial charge in [-0.05, 0) is 249 Å². The number of hydrogen-bond donors (Lipinski definition) is 0. The van der Waals surface area contributed by atoms with Crippen LogP contribution in [0.3, 0.4) is 0 Å².